The van der Waals surface area contributed by atoms with Crippen molar-refractivity contribution in [3.8, 4) is 22.7 Å². The summed E-state index contributed by atoms with van der Waals surface area (Å²) in [5.74, 6) is 0.0807. The summed E-state index contributed by atoms with van der Waals surface area (Å²) >= 11 is 0. The number of aromatic hydroxyl groups is 1. The van der Waals surface area contributed by atoms with Crippen LogP contribution in [0.2, 0.25) is 0 Å². The van der Waals surface area contributed by atoms with Gasteiger partial charge in [0.25, 0.3) is 0 Å². The van der Waals surface area contributed by atoms with Crippen LogP contribution in [0.1, 0.15) is 25.0 Å². The Morgan fingerprint density at radius 2 is 1.68 bits per heavy atom. The van der Waals surface area contributed by atoms with Crippen molar-refractivity contribution in [2.75, 3.05) is 13.2 Å². The minimum absolute atomic E-state index is 0.00145. The van der Waals surface area contributed by atoms with E-state index in [1.807, 2.05) is 19.1 Å². The van der Waals surface area contributed by atoms with Crippen molar-refractivity contribution in [2.24, 2.45) is 0 Å². The second-order valence-electron chi connectivity index (χ2n) is 5.85. The molecule has 0 amide bonds. The highest BCUT2D eigenvalue weighted by Gasteiger charge is 2.13. The summed E-state index contributed by atoms with van der Waals surface area (Å²) in [4.78, 5) is 0. The number of rotatable bonds is 6. The average molecular weight is 379 g/mol. The molecule has 3 N–H and O–H groups in total. The second kappa shape index (κ2) is 8.34. The van der Waals surface area contributed by atoms with E-state index in [-0.39, 0.29) is 17.5 Å². The van der Waals surface area contributed by atoms with Crippen molar-refractivity contribution in [2.45, 2.75) is 13.8 Å². The molecule has 144 valence electrons. The monoisotopic (exact) mass is 379 g/mol. The number of nitrogens with zero attached hydrogens (tertiary/aromatic N) is 3. The van der Waals surface area contributed by atoms with Gasteiger partial charge >= 0.3 is 0 Å². The molecule has 3 rings (SSSR count). The van der Waals surface area contributed by atoms with Gasteiger partial charge in [-0.15, -0.1) is 5.10 Å². The first-order valence-corrected chi connectivity index (χ1v) is 8.83. The lowest BCUT2D eigenvalue weighted by atomic mass is 10.1. The average Bonchev–Trinajstić information content (AvgIpc) is 3.18. The SMILES string of the molecule is CCOC(=N)c1cccc(-n2cc(-c3ccc(C(=N)OCC)cc3O)nn2)c1. The molecule has 0 aliphatic carbocycles. The smallest absolute Gasteiger partial charge is 0.213 e. The minimum atomic E-state index is -0.0131. The van der Waals surface area contributed by atoms with E-state index in [0.717, 1.165) is 5.69 Å². The standard InChI is InChI=1S/C20H21N5O3/c1-3-27-19(21)13-6-5-7-15(10-13)25-12-17(23-24-25)16-9-8-14(11-18(16)26)20(22)28-4-2/h5-12,21-22,26H,3-4H2,1-2H3. The van der Waals surface area contributed by atoms with Crippen molar-refractivity contribution < 1.29 is 14.6 Å². The molecule has 0 fully saturated rings. The normalized spacial score (nSPS) is 10.5. The highest BCUT2D eigenvalue weighted by molar-refractivity contribution is 5.93. The number of hydrogen-bond donors (Lipinski definition) is 3. The molecule has 1 heterocycles. The highest BCUT2D eigenvalue weighted by Crippen LogP contribution is 2.29. The molecule has 2 aromatic carbocycles. The summed E-state index contributed by atoms with van der Waals surface area (Å²) in [6, 6.07) is 12.1. The van der Waals surface area contributed by atoms with Gasteiger partial charge in [-0.05, 0) is 50.2 Å². The van der Waals surface area contributed by atoms with E-state index >= 15 is 0 Å². The zero-order chi connectivity index (χ0) is 20.1. The van der Waals surface area contributed by atoms with Gasteiger partial charge in [0.2, 0.25) is 11.8 Å². The highest BCUT2D eigenvalue weighted by atomic mass is 16.5. The number of phenols is 1. The Morgan fingerprint density at radius 3 is 2.32 bits per heavy atom. The molecule has 0 atom stereocenters. The molecule has 0 aliphatic heterocycles. The van der Waals surface area contributed by atoms with E-state index in [1.165, 1.54) is 6.07 Å². The molecule has 28 heavy (non-hydrogen) atoms. The fourth-order valence-electron chi connectivity index (χ4n) is 2.65. The van der Waals surface area contributed by atoms with Crippen LogP contribution in [0.4, 0.5) is 0 Å². The van der Waals surface area contributed by atoms with Gasteiger partial charge in [0.1, 0.15) is 11.4 Å². The first-order chi connectivity index (χ1) is 13.5. The number of hydrogen-bond acceptors (Lipinski definition) is 7. The molecule has 8 nitrogen and oxygen atoms in total. The number of aromatic nitrogens is 3. The quantitative estimate of drug-likeness (QED) is 0.448. The molecule has 8 heteroatoms. The van der Waals surface area contributed by atoms with Crippen LogP contribution >= 0.6 is 0 Å². The van der Waals surface area contributed by atoms with Crippen LogP contribution in [0.5, 0.6) is 5.75 Å². The fourth-order valence-corrected chi connectivity index (χ4v) is 2.65. The van der Waals surface area contributed by atoms with Gasteiger partial charge < -0.3 is 14.6 Å². The molecular weight excluding hydrogens is 358 g/mol. The third-order valence-electron chi connectivity index (χ3n) is 3.98. The van der Waals surface area contributed by atoms with Crippen molar-refractivity contribution in [3.63, 3.8) is 0 Å². The topological polar surface area (TPSA) is 117 Å². The summed E-state index contributed by atoms with van der Waals surface area (Å²) in [5, 5.41) is 34.3. The maximum Gasteiger partial charge on any atom is 0.213 e. The number of phenolic OH excluding ortho intramolecular Hbond substituents is 1. The maximum atomic E-state index is 10.3. The Balaban J connectivity index is 1.88. The van der Waals surface area contributed by atoms with Gasteiger partial charge in [-0.1, -0.05) is 11.3 Å². The van der Waals surface area contributed by atoms with Crippen LogP contribution < -0.4 is 0 Å². The van der Waals surface area contributed by atoms with E-state index < -0.39 is 0 Å². The van der Waals surface area contributed by atoms with E-state index in [2.05, 4.69) is 10.3 Å². The molecule has 3 aromatic rings. The molecule has 0 bridgehead atoms. The lowest BCUT2D eigenvalue weighted by Gasteiger charge is -2.07. The number of ether oxygens (including phenoxy) is 2. The Kier molecular flexibility index (Phi) is 5.69. The van der Waals surface area contributed by atoms with E-state index in [4.69, 9.17) is 20.3 Å². The molecule has 1 aromatic heterocycles. The van der Waals surface area contributed by atoms with Crippen molar-refractivity contribution in [1.29, 1.82) is 10.8 Å². The zero-order valence-corrected chi connectivity index (χ0v) is 15.6. The Hall–Kier alpha value is -3.68. The minimum Gasteiger partial charge on any atom is -0.507 e. The predicted molar refractivity (Wildman–Crippen MR) is 105 cm³/mol. The Morgan fingerprint density at radius 1 is 1.00 bits per heavy atom. The molecule has 0 aliphatic rings. The second-order valence-corrected chi connectivity index (χ2v) is 5.85. The predicted octanol–water partition coefficient (Wildman–Crippen LogP) is 3.36. The summed E-state index contributed by atoms with van der Waals surface area (Å²) in [5.41, 5.74) is 2.82. The lowest BCUT2D eigenvalue weighted by molar-refractivity contribution is 0.325. The van der Waals surface area contributed by atoms with Crippen molar-refractivity contribution in [1.82, 2.24) is 15.0 Å². The molecule has 0 spiro atoms. The van der Waals surface area contributed by atoms with Crippen LogP contribution in [0.25, 0.3) is 16.9 Å². The summed E-state index contributed by atoms with van der Waals surface area (Å²) in [6.07, 6.45) is 1.69. The lowest BCUT2D eigenvalue weighted by Crippen LogP contribution is -2.05. The van der Waals surface area contributed by atoms with Gasteiger partial charge in [-0.25, -0.2) is 4.68 Å². The zero-order valence-electron chi connectivity index (χ0n) is 15.6. The van der Waals surface area contributed by atoms with Crippen LogP contribution in [-0.2, 0) is 9.47 Å². The number of benzene rings is 2. The van der Waals surface area contributed by atoms with Crippen LogP contribution in [-0.4, -0.2) is 45.1 Å². The first kappa shape index (κ1) is 19.1. The molecule has 0 saturated carbocycles. The van der Waals surface area contributed by atoms with Crippen LogP contribution in [0.3, 0.4) is 0 Å². The van der Waals surface area contributed by atoms with Gasteiger partial charge in [-0.2, -0.15) is 0 Å². The van der Waals surface area contributed by atoms with E-state index in [9.17, 15) is 5.11 Å². The molecule has 0 saturated heterocycles. The summed E-state index contributed by atoms with van der Waals surface area (Å²) in [7, 11) is 0. The summed E-state index contributed by atoms with van der Waals surface area (Å²) < 4.78 is 11.9. The van der Waals surface area contributed by atoms with Crippen LogP contribution in [0, 0.1) is 10.8 Å². The largest absolute Gasteiger partial charge is 0.507 e. The molecular formula is C20H21N5O3. The maximum absolute atomic E-state index is 10.3. The first-order valence-electron chi connectivity index (χ1n) is 8.83. The third-order valence-corrected chi connectivity index (χ3v) is 3.98. The van der Waals surface area contributed by atoms with E-state index in [1.54, 1.807) is 42.1 Å². The third kappa shape index (κ3) is 4.01. The van der Waals surface area contributed by atoms with Crippen molar-refractivity contribution >= 4 is 11.8 Å². The summed E-state index contributed by atoms with van der Waals surface area (Å²) in [6.45, 7) is 4.43. The Bertz CT molecular complexity index is 1010. The Labute approximate surface area is 162 Å². The van der Waals surface area contributed by atoms with Gasteiger partial charge in [-0.3, -0.25) is 10.8 Å². The van der Waals surface area contributed by atoms with Crippen molar-refractivity contribution in [3.05, 3.63) is 59.8 Å². The van der Waals surface area contributed by atoms with Gasteiger partial charge in [0, 0.05) is 16.7 Å². The molecule has 0 radical (unpaired) electrons. The van der Waals surface area contributed by atoms with E-state index in [0.29, 0.717) is 35.6 Å². The number of nitrogens with one attached hydrogen (secondary N) is 2. The van der Waals surface area contributed by atoms with Crippen LogP contribution in [0.15, 0.2) is 48.7 Å². The fraction of sp³-hybridized carbons (Fsp3) is 0.200. The molecule has 0 unspecified atom stereocenters. The van der Waals surface area contributed by atoms with Gasteiger partial charge in [0.05, 0.1) is 25.1 Å². The van der Waals surface area contributed by atoms with Gasteiger partial charge in [0.15, 0.2) is 0 Å².